The molecule has 0 saturated heterocycles. The van der Waals surface area contributed by atoms with E-state index in [1.54, 1.807) is 6.20 Å². The van der Waals surface area contributed by atoms with E-state index >= 15 is 0 Å². The molecule has 0 amide bonds. The minimum absolute atomic E-state index is 0.944. The number of fused-ring (bicyclic) bond motifs is 1. The van der Waals surface area contributed by atoms with Gasteiger partial charge in [0.25, 0.3) is 0 Å². The zero-order valence-electron chi connectivity index (χ0n) is 10.7. The predicted octanol–water partition coefficient (Wildman–Crippen LogP) is 4.49. The van der Waals surface area contributed by atoms with Crippen LogP contribution in [0.4, 0.5) is 0 Å². The maximum Gasteiger partial charge on any atom is 0.0340 e. The summed E-state index contributed by atoms with van der Waals surface area (Å²) >= 11 is 0. The van der Waals surface area contributed by atoms with E-state index in [4.69, 9.17) is 0 Å². The second-order valence-electron chi connectivity index (χ2n) is 4.57. The molecule has 0 fully saturated rings. The maximum absolute atomic E-state index is 4.10. The molecule has 3 rings (SSSR count). The van der Waals surface area contributed by atoms with Crippen LogP contribution in [0.15, 0.2) is 73.1 Å². The normalized spacial score (nSPS) is 11.2. The number of nitrogens with zero attached hydrogens (tertiary/aromatic N) is 1. The van der Waals surface area contributed by atoms with Crippen molar-refractivity contribution in [2.45, 2.75) is 6.42 Å². The molecule has 19 heavy (non-hydrogen) atoms. The second kappa shape index (κ2) is 5.49. The largest absolute Gasteiger partial charge is 0.264 e. The Bertz CT molecular complexity index is 699. The minimum atomic E-state index is 0.944. The third kappa shape index (κ3) is 2.89. The molecular weight excluding hydrogens is 230 g/mol. The third-order valence-corrected chi connectivity index (χ3v) is 3.16. The van der Waals surface area contributed by atoms with E-state index in [0.717, 1.165) is 12.0 Å². The molecule has 0 radical (unpaired) electrons. The SMILES string of the molecule is C(=C\c1cccnc1)/Cc1ccc2ccccc2c1. The molecule has 0 aliphatic heterocycles. The number of benzene rings is 2. The highest BCUT2D eigenvalue weighted by Crippen LogP contribution is 2.16. The van der Waals surface area contributed by atoms with Gasteiger partial charge in [0.15, 0.2) is 0 Å². The van der Waals surface area contributed by atoms with Crippen LogP contribution in [0.5, 0.6) is 0 Å². The van der Waals surface area contributed by atoms with Gasteiger partial charge in [-0.2, -0.15) is 0 Å². The maximum atomic E-state index is 4.10. The van der Waals surface area contributed by atoms with Crippen LogP contribution in [-0.2, 0) is 6.42 Å². The Kier molecular flexibility index (Phi) is 3.37. The lowest BCUT2D eigenvalue weighted by atomic mass is 10.0. The molecule has 0 aliphatic carbocycles. The summed E-state index contributed by atoms with van der Waals surface area (Å²) in [5, 5.41) is 2.59. The molecule has 92 valence electrons. The van der Waals surface area contributed by atoms with Crippen LogP contribution in [-0.4, -0.2) is 4.98 Å². The van der Waals surface area contributed by atoms with Crippen molar-refractivity contribution in [2.75, 3.05) is 0 Å². The first-order chi connectivity index (χ1) is 9.42. The van der Waals surface area contributed by atoms with Crippen LogP contribution in [0.3, 0.4) is 0 Å². The van der Waals surface area contributed by atoms with Crippen molar-refractivity contribution in [1.82, 2.24) is 4.98 Å². The van der Waals surface area contributed by atoms with E-state index in [0.29, 0.717) is 0 Å². The van der Waals surface area contributed by atoms with Gasteiger partial charge in [-0.3, -0.25) is 4.98 Å². The summed E-state index contributed by atoms with van der Waals surface area (Å²) < 4.78 is 0. The van der Waals surface area contributed by atoms with Crippen LogP contribution in [0, 0.1) is 0 Å². The summed E-state index contributed by atoms with van der Waals surface area (Å²) in [7, 11) is 0. The first kappa shape index (κ1) is 11.7. The molecule has 0 aliphatic rings. The Morgan fingerprint density at radius 2 is 1.79 bits per heavy atom. The smallest absolute Gasteiger partial charge is 0.0340 e. The number of aromatic nitrogens is 1. The molecule has 0 N–H and O–H groups in total. The molecule has 2 aromatic carbocycles. The van der Waals surface area contributed by atoms with Gasteiger partial charge in [0.2, 0.25) is 0 Å². The third-order valence-electron chi connectivity index (χ3n) is 3.16. The molecule has 3 aromatic rings. The minimum Gasteiger partial charge on any atom is -0.264 e. The standard InChI is InChI=1S/C18H15N/c1-2-9-18-13-15(10-11-17(18)8-1)5-3-6-16-7-4-12-19-14-16/h1-4,6-14H,5H2/b6-3+. The summed E-state index contributed by atoms with van der Waals surface area (Å²) in [5.41, 5.74) is 2.47. The Labute approximate surface area is 113 Å². The van der Waals surface area contributed by atoms with Crippen LogP contribution < -0.4 is 0 Å². The van der Waals surface area contributed by atoms with Crippen LogP contribution in [0.25, 0.3) is 16.8 Å². The lowest BCUT2D eigenvalue weighted by Crippen LogP contribution is -1.82. The topological polar surface area (TPSA) is 12.9 Å². The summed E-state index contributed by atoms with van der Waals surface area (Å²) in [6.45, 7) is 0. The molecule has 1 heterocycles. The van der Waals surface area contributed by atoms with Gasteiger partial charge >= 0.3 is 0 Å². The fraction of sp³-hybridized carbons (Fsp3) is 0.0556. The second-order valence-corrected chi connectivity index (χ2v) is 4.57. The average Bonchev–Trinajstić information content (AvgIpc) is 2.48. The van der Waals surface area contributed by atoms with Gasteiger partial charge in [-0.25, -0.2) is 0 Å². The number of allylic oxidation sites excluding steroid dienone is 1. The number of hydrogen-bond donors (Lipinski definition) is 0. The van der Waals surface area contributed by atoms with Gasteiger partial charge in [-0.1, -0.05) is 60.7 Å². The lowest BCUT2D eigenvalue weighted by molar-refractivity contribution is 1.28. The van der Waals surface area contributed by atoms with E-state index < -0.39 is 0 Å². The van der Waals surface area contributed by atoms with Gasteiger partial charge in [-0.05, 0) is 34.4 Å². The highest BCUT2D eigenvalue weighted by Gasteiger charge is 1.94. The molecule has 0 atom stereocenters. The lowest BCUT2D eigenvalue weighted by Gasteiger charge is -2.01. The van der Waals surface area contributed by atoms with Gasteiger partial charge < -0.3 is 0 Å². The van der Waals surface area contributed by atoms with Crippen LogP contribution >= 0.6 is 0 Å². The first-order valence-electron chi connectivity index (χ1n) is 6.46. The van der Waals surface area contributed by atoms with Crippen molar-refractivity contribution in [3.8, 4) is 0 Å². The summed E-state index contributed by atoms with van der Waals surface area (Å²) in [5.74, 6) is 0. The molecule has 0 spiro atoms. The molecule has 1 aromatic heterocycles. The number of rotatable bonds is 3. The number of hydrogen-bond acceptors (Lipinski definition) is 1. The first-order valence-corrected chi connectivity index (χ1v) is 6.46. The Morgan fingerprint density at radius 1 is 0.895 bits per heavy atom. The number of pyridine rings is 1. The predicted molar refractivity (Wildman–Crippen MR) is 80.9 cm³/mol. The van der Waals surface area contributed by atoms with Gasteiger partial charge in [0.1, 0.15) is 0 Å². The molecule has 0 unspecified atom stereocenters. The van der Waals surface area contributed by atoms with Gasteiger partial charge in [-0.15, -0.1) is 0 Å². The zero-order valence-corrected chi connectivity index (χ0v) is 10.7. The fourth-order valence-corrected chi connectivity index (χ4v) is 2.17. The van der Waals surface area contributed by atoms with Crippen LogP contribution in [0.1, 0.15) is 11.1 Å². The molecule has 1 nitrogen and oxygen atoms in total. The average molecular weight is 245 g/mol. The van der Waals surface area contributed by atoms with E-state index in [1.165, 1.54) is 16.3 Å². The van der Waals surface area contributed by atoms with E-state index in [2.05, 4.69) is 65.7 Å². The Morgan fingerprint density at radius 3 is 2.63 bits per heavy atom. The van der Waals surface area contributed by atoms with Crippen molar-refractivity contribution in [2.24, 2.45) is 0 Å². The Hall–Kier alpha value is -2.41. The van der Waals surface area contributed by atoms with Crippen molar-refractivity contribution in [1.29, 1.82) is 0 Å². The highest BCUT2D eigenvalue weighted by atomic mass is 14.6. The van der Waals surface area contributed by atoms with Crippen molar-refractivity contribution >= 4 is 16.8 Å². The zero-order chi connectivity index (χ0) is 12.9. The molecule has 1 heteroatoms. The molecule has 0 saturated carbocycles. The quantitative estimate of drug-likeness (QED) is 0.662. The van der Waals surface area contributed by atoms with Crippen molar-refractivity contribution in [3.05, 3.63) is 84.2 Å². The molecular formula is C18H15N. The van der Waals surface area contributed by atoms with Gasteiger partial charge in [0.05, 0.1) is 0 Å². The van der Waals surface area contributed by atoms with Gasteiger partial charge in [0, 0.05) is 12.4 Å². The van der Waals surface area contributed by atoms with Crippen molar-refractivity contribution < 1.29 is 0 Å². The van der Waals surface area contributed by atoms with E-state index in [-0.39, 0.29) is 0 Å². The summed E-state index contributed by atoms with van der Waals surface area (Å²) in [6.07, 6.45) is 8.90. The van der Waals surface area contributed by atoms with Crippen LogP contribution in [0.2, 0.25) is 0 Å². The summed E-state index contributed by atoms with van der Waals surface area (Å²) in [4.78, 5) is 4.10. The highest BCUT2D eigenvalue weighted by molar-refractivity contribution is 5.83. The van der Waals surface area contributed by atoms with E-state index in [9.17, 15) is 0 Å². The van der Waals surface area contributed by atoms with Crippen molar-refractivity contribution in [3.63, 3.8) is 0 Å². The Balaban J connectivity index is 1.77. The summed E-state index contributed by atoms with van der Waals surface area (Å²) in [6, 6.07) is 19.1. The fourth-order valence-electron chi connectivity index (χ4n) is 2.17. The van der Waals surface area contributed by atoms with E-state index in [1.807, 2.05) is 12.3 Å². The monoisotopic (exact) mass is 245 g/mol. The molecule has 0 bridgehead atoms.